The monoisotopic (exact) mass is 262 g/mol. The summed E-state index contributed by atoms with van der Waals surface area (Å²) in [7, 11) is 0. The van der Waals surface area contributed by atoms with Crippen LogP contribution in [0.1, 0.15) is 18.4 Å². The fourth-order valence-electron chi connectivity index (χ4n) is 2.29. The average Bonchev–Trinajstić information content (AvgIpc) is 2.43. The van der Waals surface area contributed by atoms with E-state index in [0.29, 0.717) is 19.1 Å². The van der Waals surface area contributed by atoms with Crippen LogP contribution in [-0.4, -0.2) is 43.5 Å². The van der Waals surface area contributed by atoms with Crippen molar-refractivity contribution < 1.29 is 9.53 Å². The van der Waals surface area contributed by atoms with Crippen molar-refractivity contribution >= 4 is 6.29 Å². The minimum atomic E-state index is 0.377. The quantitative estimate of drug-likeness (QED) is 0.783. The topological polar surface area (TPSA) is 55.6 Å². The number of piperidine rings is 1. The number of carbonyl (C=O) groups is 1. The van der Waals surface area contributed by atoms with E-state index >= 15 is 0 Å². The molecule has 0 unspecified atom stereocenters. The predicted octanol–water partition coefficient (Wildman–Crippen LogP) is 1.23. The van der Waals surface area contributed by atoms with Gasteiger partial charge in [-0.15, -0.1) is 0 Å². The van der Waals surface area contributed by atoms with Crippen LogP contribution in [0, 0.1) is 0 Å². The average molecular weight is 262 g/mol. The Hall–Kier alpha value is -1.39. The van der Waals surface area contributed by atoms with Crippen molar-refractivity contribution in [2.24, 2.45) is 5.73 Å². The molecular formula is C15H22N2O2. The van der Waals surface area contributed by atoms with E-state index in [1.165, 1.54) is 0 Å². The summed E-state index contributed by atoms with van der Waals surface area (Å²) in [6, 6.07) is 8.09. The fraction of sp³-hybridized carbons (Fsp3) is 0.533. The third-order valence-electron chi connectivity index (χ3n) is 3.55. The van der Waals surface area contributed by atoms with Crippen molar-refractivity contribution in [2.45, 2.75) is 25.3 Å². The van der Waals surface area contributed by atoms with Gasteiger partial charge in [0.15, 0.2) is 0 Å². The van der Waals surface area contributed by atoms with Gasteiger partial charge in [-0.3, -0.25) is 4.90 Å². The highest BCUT2D eigenvalue weighted by molar-refractivity contribution is 5.55. The normalized spacial score (nSPS) is 17.3. The molecule has 19 heavy (non-hydrogen) atoms. The number of rotatable bonds is 6. The second-order valence-corrected chi connectivity index (χ2v) is 5.04. The fourth-order valence-corrected chi connectivity index (χ4v) is 2.29. The van der Waals surface area contributed by atoms with E-state index in [9.17, 15) is 4.79 Å². The lowest BCUT2D eigenvalue weighted by atomic mass is 10.1. The first-order chi connectivity index (χ1) is 9.28. The number of benzene rings is 1. The van der Waals surface area contributed by atoms with Crippen LogP contribution in [0.3, 0.4) is 0 Å². The maximum atomic E-state index is 10.4. The first-order valence-corrected chi connectivity index (χ1v) is 6.91. The standard InChI is InChI=1S/C15H22N2O2/c16-14-5-8-17(9-6-14)10-12-19-15-3-1-13(2-4-15)7-11-18/h1-4,11,14H,5-10,12,16H2. The zero-order valence-corrected chi connectivity index (χ0v) is 11.3. The first-order valence-electron chi connectivity index (χ1n) is 6.91. The lowest BCUT2D eigenvalue weighted by molar-refractivity contribution is -0.107. The first kappa shape index (κ1) is 14.0. The number of likely N-dealkylation sites (tertiary alicyclic amines) is 1. The Labute approximate surface area is 114 Å². The van der Waals surface area contributed by atoms with E-state index in [-0.39, 0.29) is 0 Å². The van der Waals surface area contributed by atoms with Gasteiger partial charge in [0.25, 0.3) is 0 Å². The van der Waals surface area contributed by atoms with Gasteiger partial charge in [0.1, 0.15) is 18.6 Å². The molecule has 0 aliphatic carbocycles. The Bertz CT molecular complexity index is 384. The Morgan fingerprint density at radius 3 is 2.58 bits per heavy atom. The Balaban J connectivity index is 1.69. The number of aldehydes is 1. The number of nitrogens with two attached hydrogens (primary N) is 1. The molecule has 1 aromatic rings. The molecule has 0 spiro atoms. The van der Waals surface area contributed by atoms with Crippen molar-refractivity contribution in [1.82, 2.24) is 4.90 Å². The minimum Gasteiger partial charge on any atom is -0.492 e. The van der Waals surface area contributed by atoms with Gasteiger partial charge in [0.2, 0.25) is 0 Å². The molecule has 2 N–H and O–H groups in total. The van der Waals surface area contributed by atoms with Crippen LogP contribution in [0.25, 0.3) is 0 Å². The van der Waals surface area contributed by atoms with Gasteiger partial charge in [-0.05, 0) is 43.6 Å². The van der Waals surface area contributed by atoms with Crippen LogP contribution in [0.15, 0.2) is 24.3 Å². The van der Waals surface area contributed by atoms with Crippen LogP contribution < -0.4 is 10.5 Å². The van der Waals surface area contributed by atoms with Crippen LogP contribution >= 0.6 is 0 Å². The third-order valence-corrected chi connectivity index (χ3v) is 3.55. The molecule has 0 bridgehead atoms. The number of carbonyl (C=O) groups excluding carboxylic acids is 1. The zero-order chi connectivity index (χ0) is 13.5. The Morgan fingerprint density at radius 1 is 1.26 bits per heavy atom. The van der Waals surface area contributed by atoms with Crippen molar-refractivity contribution in [2.75, 3.05) is 26.2 Å². The van der Waals surface area contributed by atoms with Gasteiger partial charge in [0.05, 0.1) is 0 Å². The number of hydrogen-bond acceptors (Lipinski definition) is 4. The molecule has 0 radical (unpaired) electrons. The second kappa shape index (κ2) is 7.26. The summed E-state index contributed by atoms with van der Waals surface area (Å²) in [4.78, 5) is 12.8. The molecule has 0 saturated carbocycles. The number of hydrogen-bond donors (Lipinski definition) is 1. The zero-order valence-electron chi connectivity index (χ0n) is 11.3. The number of ether oxygens (including phenoxy) is 1. The van der Waals surface area contributed by atoms with Gasteiger partial charge < -0.3 is 15.3 Å². The summed E-state index contributed by atoms with van der Waals surface area (Å²) in [6.45, 7) is 3.79. The SMILES string of the molecule is NC1CCN(CCOc2ccc(CC=O)cc2)CC1. The Kier molecular flexibility index (Phi) is 5.36. The van der Waals surface area contributed by atoms with E-state index in [1.54, 1.807) is 0 Å². The van der Waals surface area contributed by atoms with E-state index < -0.39 is 0 Å². The molecule has 104 valence electrons. The molecule has 0 aromatic heterocycles. The summed E-state index contributed by atoms with van der Waals surface area (Å²) in [6.07, 6.45) is 3.55. The molecule has 1 aromatic carbocycles. The van der Waals surface area contributed by atoms with E-state index in [2.05, 4.69) is 4.90 Å². The molecule has 0 atom stereocenters. The molecular weight excluding hydrogens is 240 g/mol. The van der Waals surface area contributed by atoms with Crippen molar-refractivity contribution in [1.29, 1.82) is 0 Å². The molecule has 1 saturated heterocycles. The van der Waals surface area contributed by atoms with Gasteiger partial charge in [0, 0.05) is 19.0 Å². The molecule has 0 amide bonds. The maximum Gasteiger partial charge on any atom is 0.124 e. The van der Waals surface area contributed by atoms with Crippen molar-refractivity contribution in [3.63, 3.8) is 0 Å². The molecule has 1 fully saturated rings. The molecule has 1 aliphatic heterocycles. The highest BCUT2D eigenvalue weighted by Crippen LogP contribution is 2.13. The van der Waals surface area contributed by atoms with Gasteiger partial charge >= 0.3 is 0 Å². The summed E-state index contributed by atoms with van der Waals surface area (Å²) >= 11 is 0. The minimum absolute atomic E-state index is 0.377. The van der Waals surface area contributed by atoms with Crippen LogP contribution in [0.4, 0.5) is 0 Å². The largest absolute Gasteiger partial charge is 0.492 e. The summed E-state index contributed by atoms with van der Waals surface area (Å²) in [5, 5.41) is 0. The van der Waals surface area contributed by atoms with Crippen LogP contribution in [-0.2, 0) is 11.2 Å². The highest BCUT2D eigenvalue weighted by Gasteiger charge is 2.15. The van der Waals surface area contributed by atoms with Crippen molar-refractivity contribution in [3.05, 3.63) is 29.8 Å². The Morgan fingerprint density at radius 2 is 1.95 bits per heavy atom. The third kappa shape index (κ3) is 4.65. The smallest absolute Gasteiger partial charge is 0.124 e. The summed E-state index contributed by atoms with van der Waals surface area (Å²) in [5.74, 6) is 0.864. The van der Waals surface area contributed by atoms with Crippen LogP contribution in [0.5, 0.6) is 5.75 Å². The molecule has 4 heteroatoms. The predicted molar refractivity (Wildman–Crippen MR) is 75.4 cm³/mol. The van der Waals surface area contributed by atoms with Gasteiger partial charge in [-0.1, -0.05) is 12.1 Å². The molecule has 4 nitrogen and oxygen atoms in total. The molecule has 1 heterocycles. The molecule has 1 aliphatic rings. The van der Waals surface area contributed by atoms with Crippen LogP contribution in [0.2, 0.25) is 0 Å². The van der Waals surface area contributed by atoms with Gasteiger partial charge in [-0.2, -0.15) is 0 Å². The molecule has 2 rings (SSSR count). The van der Waals surface area contributed by atoms with E-state index in [4.69, 9.17) is 10.5 Å². The summed E-state index contributed by atoms with van der Waals surface area (Å²) in [5.41, 5.74) is 6.89. The number of nitrogens with zero attached hydrogens (tertiary/aromatic N) is 1. The van der Waals surface area contributed by atoms with Gasteiger partial charge in [-0.25, -0.2) is 0 Å². The second-order valence-electron chi connectivity index (χ2n) is 5.04. The highest BCUT2D eigenvalue weighted by atomic mass is 16.5. The summed E-state index contributed by atoms with van der Waals surface area (Å²) < 4.78 is 5.71. The van der Waals surface area contributed by atoms with Crippen molar-refractivity contribution in [3.8, 4) is 5.75 Å². The maximum absolute atomic E-state index is 10.4. The lowest BCUT2D eigenvalue weighted by Crippen LogP contribution is -2.41. The van der Waals surface area contributed by atoms with E-state index in [0.717, 1.165) is 50.1 Å². The lowest BCUT2D eigenvalue weighted by Gasteiger charge is -2.29. The van der Waals surface area contributed by atoms with E-state index in [1.807, 2.05) is 24.3 Å².